The van der Waals surface area contributed by atoms with Crippen molar-refractivity contribution in [1.82, 2.24) is 0 Å². The zero-order valence-corrected chi connectivity index (χ0v) is 75.6. The van der Waals surface area contributed by atoms with Gasteiger partial charge in [-0.1, -0.05) is 384 Å². The smallest absolute Gasteiger partial charge is 0.463 e. The van der Waals surface area contributed by atoms with Gasteiger partial charge in [-0.2, -0.15) is 0 Å². The average molecular weight is 1680 g/mol. The molecule has 0 aromatic heterocycles. The van der Waals surface area contributed by atoms with E-state index in [0.29, 0.717) is 19.3 Å². The molecule has 0 aliphatic carbocycles. The van der Waals surface area contributed by atoms with Gasteiger partial charge >= 0.3 is 33.6 Å². The summed E-state index contributed by atoms with van der Waals surface area (Å²) in [6.07, 6.45) is 117. The molecule has 0 aromatic rings. The number of aliphatic hydroxyl groups excluding tert-OH is 2. The number of esters is 3. The van der Waals surface area contributed by atoms with Gasteiger partial charge in [0.15, 0.2) is 6.10 Å². The van der Waals surface area contributed by atoms with Crippen LogP contribution in [-0.4, -0.2) is 95.9 Å². The Hall–Kier alpha value is -5.09. The Bertz CT molecular complexity index is 2810. The number of phosphoric acid groups is 2. The van der Waals surface area contributed by atoms with Crippen LogP contribution >= 0.6 is 15.6 Å². The van der Waals surface area contributed by atoms with Crippen LogP contribution in [0.15, 0.2) is 170 Å². The molecule has 0 aromatic carbocycles. The number of carbonyl (C=O) groups excluding carboxylic acids is 3. The van der Waals surface area contributed by atoms with Crippen LogP contribution < -0.4 is 0 Å². The maximum Gasteiger partial charge on any atom is 0.472 e. The minimum absolute atomic E-state index is 0.0848. The summed E-state index contributed by atoms with van der Waals surface area (Å²) in [5.74, 6) is -1.58. The van der Waals surface area contributed by atoms with Crippen LogP contribution in [0.3, 0.4) is 0 Å². The first kappa shape index (κ1) is 112. The van der Waals surface area contributed by atoms with Crippen LogP contribution in [0.5, 0.6) is 0 Å². The molecule has 117 heavy (non-hydrogen) atoms. The highest BCUT2D eigenvalue weighted by molar-refractivity contribution is 7.47. The molecule has 670 valence electrons. The Morgan fingerprint density at radius 3 is 0.675 bits per heavy atom. The molecular formula is C99H168O16P2. The van der Waals surface area contributed by atoms with Crippen LogP contribution in [0, 0.1) is 0 Å². The minimum Gasteiger partial charge on any atom is -0.463 e. The third-order valence-electron chi connectivity index (χ3n) is 19.4. The lowest BCUT2D eigenvalue weighted by Gasteiger charge is -2.21. The highest BCUT2D eigenvalue weighted by Gasteiger charge is 2.29. The Kier molecular flexibility index (Phi) is 86.2. The number of phosphoric ester groups is 2. The van der Waals surface area contributed by atoms with Gasteiger partial charge in [-0.05, 0) is 148 Å². The van der Waals surface area contributed by atoms with Crippen molar-refractivity contribution in [2.45, 2.75) is 399 Å². The predicted molar refractivity (Wildman–Crippen MR) is 491 cm³/mol. The van der Waals surface area contributed by atoms with Crippen molar-refractivity contribution in [3.05, 3.63) is 170 Å². The quantitative estimate of drug-likeness (QED) is 0.0146. The van der Waals surface area contributed by atoms with E-state index in [2.05, 4.69) is 191 Å². The molecule has 0 spiro atoms. The number of aliphatic hydroxyl groups is 2. The molecule has 18 heteroatoms. The van der Waals surface area contributed by atoms with E-state index in [9.17, 15) is 43.5 Å². The van der Waals surface area contributed by atoms with Crippen LogP contribution in [0.25, 0.3) is 0 Å². The monoisotopic (exact) mass is 1680 g/mol. The Balaban J connectivity index is 4.53. The number of carbonyl (C=O) groups is 3. The minimum atomic E-state index is -4.95. The average Bonchev–Trinajstić information content (AvgIpc) is 0.901. The topological polar surface area (TPSA) is 231 Å². The lowest BCUT2D eigenvalue weighted by molar-refractivity contribution is -0.161. The van der Waals surface area contributed by atoms with E-state index < -0.39 is 91.5 Å². The van der Waals surface area contributed by atoms with Crippen molar-refractivity contribution in [3.8, 4) is 0 Å². The first-order valence-corrected chi connectivity index (χ1v) is 49.4. The van der Waals surface area contributed by atoms with Crippen molar-refractivity contribution in [2.24, 2.45) is 0 Å². The van der Waals surface area contributed by atoms with Crippen LogP contribution in [0.4, 0.5) is 0 Å². The van der Waals surface area contributed by atoms with Crippen molar-refractivity contribution < 1.29 is 75.8 Å². The summed E-state index contributed by atoms with van der Waals surface area (Å²) in [5, 5.41) is 20.7. The number of unbranched alkanes of at least 4 members (excludes halogenated alkanes) is 36. The zero-order chi connectivity index (χ0) is 85.1. The highest BCUT2D eigenvalue weighted by atomic mass is 31.2. The molecule has 16 nitrogen and oxygen atoms in total. The molecule has 0 radical (unpaired) electrons. The molecule has 0 saturated heterocycles. The maximum absolute atomic E-state index is 13.1. The van der Waals surface area contributed by atoms with Gasteiger partial charge in [0.1, 0.15) is 25.4 Å². The molecule has 0 aliphatic rings. The second-order valence-electron chi connectivity index (χ2n) is 30.7. The normalized spacial score (nSPS) is 14.6. The molecule has 0 fully saturated rings. The lowest BCUT2D eigenvalue weighted by atomic mass is 10.0. The molecule has 0 rings (SSSR count). The van der Waals surface area contributed by atoms with Crippen LogP contribution in [0.1, 0.15) is 380 Å². The number of ether oxygens (including phenoxy) is 3. The Morgan fingerprint density at radius 2 is 0.427 bits per heavy atom. The van der Waals surface area contributed by atoms with E-state index in [0.717, 1.165) is 180 Å². The van der Waals surface area contributed by atoms with Crippen LogP contribution in [-0.2, 0) is 55.8 Å². The van der Waals surface area contributed by atoms with Gasteiger partial charge in [0.2, 0.25) is 0 Å². The fourth-order valence-electron chi connectivity index (χ4n) is 12.5. The van der Waals surface area contributed by atoms with Gasteiger partial charge in [0.05, 0.1) is 26.4 Å². The summed E-state index contributed by atoms with van der Waals surface area (Å²) in [6, 6.07) is 0. The number of hydrogen-bond donors (Lipinski definition) is 4. The van der Waals surface area contributed by atoms with Crippen molar-refractivity contribution in [1.29, 1.82) is 0 Å². The zero-order valence-electron chi connectivity index (χ0n) is 73.8. The molecule has 0 heterocycles. The van der Waals surface area contributed by atoms with E-state index in [-0.39, 0.29) is 19.3 Å². The summed E-state index contributed by atoms with van der Waals surface area (Å²) in [7, 11) is -9.81. The van der Waals surface area contributed by atoms with E-state index >= 15 is 0 Å². The van der Waals surface area contributed by atoms with Crippen molar-refractivity contribution in [2.75, 3.05) is 39.6 Å². The van der Waals surface area contributed by atoms with Gasteiger partial charge < -0.3 is 34.2 Å². The summed E-state index contributed by atoms with van der Waals surface area (Å²) in [6.45, 7) is 2.37. The Labute approximate surface area is 713 Å². The molecule has 0 amide bonds. The van der Waals surface area contributed by atoms with Crippen molar-refractivity contribution in [3.63, 3.8) is 0 Å². The van der Waals surface area contributed by atoms with E-state index in [1.165, 1.54) is 141 Å². The predicted octanol–water partition coefficient (Wildman–Crippen LogP) is 28.7. The third kappa shape index (κ3) is 91.5. The first-order valence-electron chi connectivity index (χ1n) is 46.4. The van der Waals surface area contributed by atoms with E-state index in [1.807, 2.05) is 0 Å². The largest absolute Gasteiger partial charge is 0.472 e. The maximum atomic E-state index is 13.1. The Morgan fingerprint density at radius 1 is 0.239 bits per heavy atom. The molecular weight excluding hydrogens is 1510 g/mol. The number of hydrogen-bond acceptors (Lipinski definition) is 14. The van der Waals surface area contributed by atoms with E-state index in [4.69, 9.17) is 32.3 Å². The summed E-state index contributed by atoms with van der Waals surface area (Å²) >= 11 is 0. The van der Waals surface area contributed by atoms with E-state index in [1.54, 1.807) is 0 Å². The molecule has 5 atom stereocenters. The molecule has 0 saturated carbocycles. The molecule has 4 N–H and O–H groups in total. The lowest BCUT2D eigenvalue weighted by Crippen LogP contribution is -2.30. The van der Waals surface area contributed by atoms with Crippen LogP contribution in [0.2, 0.25) is 0 Å². The molecule has 0 aliphatic heterocycles. The van der Waals surface area contributed by atoms with Crippen molar-refractivity contribution >= 4 is 33.6 Å². The number of rotatable bonds is 87. The highest BCUT2D eigenvalue weighted by Crippen LogP contribution is 2.45. The fourth-order valence-corrected chi connectivity index (χ4v) is 14.1. The van der Waals surface area contributed by atoms with Gasteiger partial charge in [0, 0.05) is 19.3 Å². The van der Waals surface area contributed by atoms with Gasteiger partial charge in [0.25, 0.3) is 0 Å². The second kappa shape index (κ2) is 90.2. The van der Waals surface area contributed by atoms with Gasteiger partial charge in [-0.3, -0.25) is 32.5 Å². The summed E-state index contributed by atoms with van der Waals surface area (Å²) < 4.78 is 61.5. The van der Waals surface area contributed by atoms with Gasteiger partial charge in [-0.15, -0.1) is 0 Å². The SMILES string of the molecule is CC/C=C\C/C=C\C/C=C\C/C=C\C/C=C\CCCCCCCCCCCCCCCCCCCC(=O)OCC(O)COP(=O)(O)OCC(O)COP(=O)(O)OCC(COC(=O)CCCCCCCCCCCCCCC/C=C\C/C=C\C/C=C\C/C=C\C/C=C\CC)OC(=O)CCCCCCCC/C=C\C/C=C\C/C=C\C/C=C\CC. The third-order valence-corrected chi connectivity index (χ3v) is 21.3. The first-order chi connectivity index (χ1) is 57.2. The summed E-state index contributed by atoms with van der Waals surface area (Å²) in [4.78, 5) is 59.0. The molecule has 5 unspecified atom stereocenters. The standard InChI is InChI=1S/C99H168O16P2/c1-4-7-10-13-16-19-22-25-28-31-34-36-38-40-42-44-45-46-47-49-51-52-54-56-59-61-64-67-70-73-76-79-82-85-97(102)109-88-94(100)89-111-116(105,106)112-90-95(101)91-113-117(107,108)114-93-96(115-99(104)87-84-81-78-75-72-69-66-63-58-33-30-27-24-21-18-15-12-9-6-3)92-110-98(103)86-83-80-77-74-71-68-65-62-60-57-55-53-50-48-43-41-39-37-35-32-29-26-23-20-17-14-11-8-5-2/h7-12,16-21,25-30,34-37,40-43,58,63,94-96,100-101H,4-6,13-15,22-24,31-33,38-39,44-57,59-62,64-93H2,1-3H3,(H,105,106)(H,107,108)/b10-7-,11-8-,12-9-,19-16-,20-17-,21-18-,28-25-,29-26-,30-27-,36-34-,37-35-,42-40-,43-41-,63-58-. The summed E-state index contributed by atoms with van der Waals surface area (Å²) in [5.41, 5.74) is 0. The second-order valence-corrected chi connectivity index (χ2v) is 33.6. The number of allylic oxidation sites excluding steroid dienone is 28. The molecule has 0 bridgehead atoms. The fraction of sp³-hybridized carbons (Fsp3) is 0.687. The van der Waals surface area contributed by atoms with Gasteiger partial charge in [-0.25, -0.2) is 9.13 Å².